The minimum Gasteiger partial charge on any atom is -0.262 e. The van der Waals surface area contributed by atoms with Crippen LogP contribution in [0.15, 0.2) is 83.8 Å². The van der Waals surface area contributed by atoms with Gasteiger partial charge >= 0.3 is 0 Å². The van der Waals surface area contributed by atoms with Gasteiger partial charge in [0.05, 0.1) is 28.8 Å². The highest BCUT2D eigenvalue weighted by Crippen LogP contribution is 2.27. The molecule has 0 saturated heterocycles. The highest BCUT2D eigenvalue weighted by molar-refractivity contribution is 7.92. The van der Waals surface area contributed by atoms with E-state index in [4.69, 9.17) is 0 Å². The number of halogens is 1. The zero-order valence-corrected chi connectivity index (χ0v) is 14.5. The maximum absolute atomic E-state index is 13.7. The van der Waals surface area contributed by atoms with E-state index in [2.05, 4.69) is 6.07 Å². The molecule has 0 heterocycles. The van der Waals surface area contributed by atoms with Crippen LogP contribution in [0.2, 0.25) is 0 Å². The number of rotatable bonds is 5. The Morgan fingerprint density at radius 1 is 0.923 bits per heavy atom. The van der Waals surface area contributed by atoms with Crippen molar-refractivity contribution in [2.24, 2.45) is 0 Å². The van der Waals surface area contributed by atoms with Crippen LogP contribution in [0.1, 0.15) is 11.1 Å². The molecule has 3 aromatic rings. The van der Waals surface area contributed by atoms with Gasteiger partial charge in [-0.25, -0.2) is 12.8 Å². The summed E-state index contributed by atoms with van der Waals surface area (Å²) in [5.41, 5.74) is 1.11. The molecule has 0 spiro atoms. The molecule has 3 rings (SSSR count). The molecule has 6 heteroatoms. The van der Waals surface area contributed by atoms with Crippen LogP contribution in [0, 0.1) is 17.1 Å². The number of nitrogens with zero attached hydrogens (tertiary/aromatic N) is 2. The monoisotopic (exact) mass is 366 g/mol. The zero-order chi connectivity index (χ0) is 18.6. The molecule has 0 aliphatic carbocycles. The number of anilines is 1. The summed E-state index contributed by atoms with van der Waals surface area (Å²) in [4.78, 5) is 0.0960. The Labute approximate surface area is 151 Å². The van der Waals surface area contributed by atoms with E-state index in [0.29, 0.717) is 11.1 Å². The van der Waals surface area contributed by atoms with E-state index in [-0.39, 0.29) is 17.1 Å². The van der Waals surface area contributed by atoms with Crippen LogP contribution >= 0.6 is 0 Å². The lowest BCUT2D eigenvalue weighted by Gasteiger charge is -2.25. The summed E-state index contributed by atoms with van der Waals surface area (Å²) < 4.78 is 41.2. The SMILES string of the molecule is N#Cc1ccccc1CN(c1cccc(F)c1)S(=O)(=O)c1ccccc1. The Balaban J connectivity index is 2.13. The fraction of sp³-hybridized carbons (Fsp3) is 0.0500. The molecule has 3 aromatic carbocycles. The lowest BCUT2D eigenvalue weighted by atomic mass is 10.1. The van der Waals surface area contributed by atoms with Crippen molar-refractivity contribution in [1.29, 1.82) is 5.26 Å². The molecule has 0 fully saturated rings. The van der Waals surface area contributed by atoms with E-state index < -0.39 is 15.8 Å². The van der Waals surface area contributed by atoms with E-state index in [1.54, 1.807) is 42.5 Å². The summed E-state index contributed by atoms with van der Waals surface area (Å²) in [6.07, 6.45) is 0. The first-order valence-electron chi connectivity index (χ1n) is 7.84. The van der Waals surface area contributed by atoms with Gasteiger partial charge in [0.25, 0.3) is 10.0 Å². The topological polar surface area (TPSA) is 61.2 Å². The second-order valence-electron chi connectivity index (χ2n) is 5.57. The van der Waals surface area contributed by atoms with Gasteiger partial charge in [-0.3, -0.25) is 4.31 Å². The average Bonchev–Trinajstić information content (AvgIpc) is 2.67. The molecule has 0 radical (unpaired) electrons. The quantitative estimate of drug-likeness (QED) is 0.683. The Hall–Kier alpha value is -3.17. The van der Waals surface area contributed by atoms with Gasteiger partial charge in [0, 0.05) is 0 Å². The summed E-state index contributed by atoms with van der Waals surface area (Å²) in [6, 6.07) is 22.1. The lowest BCUT2D eigenvalue weighted by Crippen LogP contribution is -2.31. The molecule has 0 aromatic heterocycles. The highest BCUT2D eigenvalue weighted by atomic mass is 32.2. The summed E-state index contributed by atoms with van der Waals surface area (Å²) in [5, 5.41) is 9.29. The number of benzene rings is 3. The highest BCUT2D eigenvalue weighted by Gasteiger charge is 2.26. The van der Waals surface area contributed by atoms with E-state index in [1.165, 1.54) is 30.3 Å². The largest absolute Gasteiger partial charge is 0.264 e. The first-order chi connectivity index (χ1) is 12.5. The van der Waals surface area contributed by atoms with Crippen LogP contribution in [-0.2, 0) is 16.6 Å². The zero-order valence-electron chi connectivity index (χ0n) is 13.7. The second kappa shape index (κ2) is 7.38. The number of hydrogen-bond acceptors (Lipinski definition) is 3. The van der Waals surface area contributed by atoms with Gasteiger partial charge in [-0.05, 0) is 42.0 Å². The second-order valence-corrected chi connectivity index (χ2v) is 7.44. The van der Waals surface area contributed by atoms with Crippen molar-refractivity contribution in [3.05, 3.63) is 95.8 Å². The van der Waals surface area contributed by atoms with Crippen molar-refractivity contribution in [2.75, 3.05) is 4.31 Å². The maximum atomic E-state index is 13.7. The Morgan fingerprint density at radius 2 is 1.62 bits per heavy atom. The third-order valence-electron chi connectivity index (χ3n) is 3.88. The molecule has 0 amide bonds. The smallest absolute Gasteiger partial charge is 0.262 e. The molecule has 0 saturated carbocycles. The predicted octanol–water partition coefficient (Wildman–Crippen LogP) is 4.09. The van der Waals surface area contributed by atoms with Crippen molar-refractivity contribution < 1.29 is 12.8 Å². The predicted molar refractivity (Wildman–Crippen MR) is 97.4 cm³/mol. The first-order valence-corrected chi connectivity index (χ1v) is 9.28. The molecule has 0 N–H and O–H groups in total. The molecule has 0 atom stereocenters. The van der Waals surface area contributed by atoms with Gasteiger partial charge in [0.1, 0.15) is 5.82 Å². The van der Waals surface area contributed by atoms with E-state index in [0.717, 1.165) is 10.4 Å². The standard InChI is InChI=1S/C20H15FN2O2S/c21-18-9-6-10-19(13-18)23(15-17-8-5-4-7-16(17)14-22)26(24,25)20-11-2-1-3-12-20/h1-13H,15H2. The first kappa shape index (κ1) is 17.6. The van der Waals surface area contributed by atoms with Crippen molar-refractivity contribution in [2.45, 2.75) is 11.4 Å². The van der Waals surface area contributed by atoms with Crippen molar-refractivity contribution in [3.8, 4) is 6.07 Å². The molecule has 4 nitrogen and oxygen atoms in total. The molecular formula is C20H15FN2O2S. The van der Waals surface area contributed by atoms with Gasteiger partial charge in [-0.2, -0.15) is 5.26 Å². The van der Waals surface area contributed by atoms with Crippen LogP contribution < -0.4 is 4.31 Å². The molecule has 130 valence electrons. The third-order valence-corrected chi connectivity index (χ3v) is 5.67. The average molecular weight is 366 g/mol. The van der Waals surface area contributed by atoms with Gasteiger partial charge in [0.2, 0.25) is 0 Å². The van der Waals surface area contributed by atoms with Crippen LogP contribution in [0.5, 0.6) is 0 Å². The van der Waals surface area contributed by atoms with E-state index in [1.807, 2.05) is 0 Å². The maximum Gasteiger partial charge on any atom is 0.264 e. The van der Waals surface area contributed by atoms with Crippen LogP contribution in [0.4, 0.5) is 10.1 Å². The minimum atomic E-state index is -3.94. The van der Waals surface area contributed by atoms with E-state index >= 15 is 0 Å². The van der Waals surface area contributed by atoms with Crippen molar-refractivity contribution in [3.63, 3.8) is 0 Å². The summed E-state index contributed by atoms with van der Waals surface area (Å²) in [5.74, 6) is -0.538. The summed E-state index contributed by atoms with van der Waals surface area (Å²) in [6.45, 7) is -0.0790. The van der Waals surface area contributed by atoms with Crippen LogP contribution in [-0.4, -0.2) is 8.42 Å². The van der Waals surface area contributed by atoms with Gasteiger partial charge in [0.15, 0.2) is 0 Å². The van der Waals surface area contributed by atoms with Gasteiger partial charge < -0.3 is 0 Å². The Bertz CT molecular complexity index is 1060. The number of sulfonamides is 1. The Kier molecular flexibility index (Phi) is 5.01. The molecule has 0 bridgehead atoms. The number of nitriles is 1. The van der Waals surface area contributed by atoms with Crippen LogP contribution in [0.3, 0.4) is 0 Å². The molecule has 0 aliphatic heterocycles. The third kappa shape index (κ3) is 3.58. The van der Waals surface area contributed by atoms with Crippen molar-refractivity contribution >= 4 is 15.7 Å². The lowest BCUT2D eigenvalue weighted by molar-refractivity contribution is 0.590. The van der Waals surface area contributed by atoms with Gasteiger partial charge in [-0.1, -0.05) is 42.5 Å². The van der Waals surface area contributed by atoms with Crippen molar-refractivity contribution in [1.82, 2.24) is 0 Å². The fourth-order valence-corrected chi connectivity index (χ4v) is 4.04. The fourth-order valence-electron chi connectivity index (χ4n) is 2.59. The molecule has 0 unspecified atom stereocenters. The molecule has 26 heavy (non-hydrogen) atoms. The van der Waals surface area contributed by atoms with Gasteiger partial charge in [-0.15, -0.1) is 0 Å². The normalized spacial score (nSPS) is 10.9. The molecular weight excluding hydrogens is 351 g/mol. The summed E-state index contributed by atoms with van der Waals surface area (Å²) >= 11 is 0. The Morgan fingerprint density at radius 3 is 2.31 bits per heavy atom. The minimum absolute atomic E-state index is 0.0790. The number of hydrogen-bond donors (Lipinski definition) is 0. The molecule has 0 aliphatic rings. The van der Waals surface area contributed by atoms with E-state index in [9.17, 15) is 18.1 Å². The summed E-state index contributed by atoms with van der Waals surface area (Å²) in [7, 11) is -3.94. The van der Waals surface area contributed by atoms with Crippen LogP contribution in [0.25, 0.3) is 0 Å².